The van der Waals surface area contributed by atoms with Gasteiger partial charge in [0, 0.05) is 29.0 Å². The minimum atomic E-state index is -0.557. The van der Waals surface area contributed by atoms with E-state index < -0.39 is 5.97 Å². The number of amides is 1. The van der Waals surface area contributed by atoms with Gasteiger partial charge in [0.15, 0.2) is 0 Å². The normalized spacial score (nSPS) is 21.8. The highest BCUT2D eigenvalue weighted by atomic mass is 35.5. The highest BCUT2D eigenvalue weighted by Crippen LogP contribution is 2.31. The van der Waals surface area contributed by atoms with E-state index in [0.717, 1.165) is 0 Å². The molecule has 3 atom stereocenters. The van der Waals surface area contributed by atoms with Crippen molar-refractivity contribution in [2.45, 2.75) is 39.0 Å². The van der Waals surface area contributed by atoms with Crippen molar-refractivity contribution >= 4 is 40.1 Å². The van der Waals surface area contributed by atoms with Crippen molar-refractivity contribution in [2.24, 2.45) is 0 Å². The number of esters is 1. The molecule has 1 amide bonds. The number of nitrogens with one attached hydrogen (secondary N) is 2. The number of ether oxygens (including phenoxy) is 2. The van der Waals surface area contributed by atoms with E-state index in [0.29, 0.717) is 34.7 Å². The number of carbonyl (C=O) groups is 2. The number of carbonyl (C=O) groups excluding carboxylic acids is 2. The second-order valence-electron chi connectivity index (χ2n) is 6.93. The van der Waals surface area contributed by atoms with Gasteiger partial charge in [0.25, 0.3) is 0 Å². The van der Waals surface area contributed by atoms with Crippen LogP contribution in [0.25, 0.3) is 10.9 Å². The van der Waals surface area contributed by atoms with Gasteiger partial charge in [0.2, 0.25) is 5.91 Å². The average molecular weight is 394 g/mol. The van der Waals surface area contributed by atoms with Crippen LogP contribution in [0.4, 0.5) is 5.69 Å². The van der Waals surface area contributed by atoms with Crippen LogP contribution in [0.15, 0.2) is 18.2 Å². The Morgan fingerprint density at radius 3 is 2.63 bits per heavy atom. The summed E-state index contributed by atoms with van der Waals surface area (Å²) in [6, 6.07) is 4.80. The van der Waals surface area contributed by atoms with Crippen molar-refractivity contribution in [3.63, 3.8) is 0 Å². The maximum Gasteiger partial charge on any atom is 0.356 e. The van der Waals surface area contributed by atoms with Crippen LogP contribution in [0.5, 0.6) is 0 Å². The summed E-state index contributed by atoms with van der Waals surface area (Å²) in [5.74, 6) is -0.763. The lowest BCUT2D eigenvalue weighted by atomic mass is 10.1. The number of fused-ring (bicyclic) bond motifs is 1. The number of methoxy groups -OCH3 is 1. The van der Waals surface area contributed by atoms with E-state index in [4.69, 9.17) is 21.1 Å². The fourth-order valence-electron chi connectivity index (χ4n) is 3.48. The molecule has 3 rings (SSSR count). The van der Waals surface area contributed by atoms with E-state index in [9.17, 15) is 9.59 Å². The number of rotatable bonds is 4. The van der Waals surface area contributed by atoms with Crippen molar-refractivity contribution in [1.29, 1.82) is 0 Å². The van der Waals surface area contributed by atoms with E-state index in [-0.39, 0.29) is 29.9 Å². The Hall–Kier alpha value is -2.09. The number of aromatic nitrogens is 1. The minimum absolute atomic E-state index is 0.0570. The number of halogens is 1. The number of benzene rings is 1. The Morgan fingerprint density at radius 2 is 2.00 bits per heavy atom. The molecule has 2 heterocycles. The first-order valence-electron chi connectivity index (χ1n) is 8.90. The molecule has 1 fully saturated rings. The molecule has 2 aromatic rings. The second kappa shape index (κ2) is 7.88. The average Bonchev–Trinajstić information content (AvgIpc) is 2.97. The van der Waals surface area contributed by atoms with Crippen LogP contribution in [-0.4, -0.2) is 60.2 Å². The fraction of sp³-hybridized carbons (Fsp3) is 0.474. The first-order valence-corrected chi connectivity index (χ1v) is 9.27. The number of anilines is 1. The minimum Gasteiger partial charge on any atom is -0.464 e. The third-order valence-electron chi connectivity index (χ3n) is 4.77. The predicted molar refractivity (Wildman–Crippen MR) is 104 cm³/mol. The zero-order chi connectivity index (χ0) is 19.7. The Labute approximate surface area is 162 Å². The van der Waals surface area contributed by atoms with E-state index in [2.05, 4.69) is 15.2 Å². The van der Waals surface area contributed by atoms with Gasteiger partial charge in [-0.05, 0) is 39.0 Å². The summed E-state index contributed by atoms with van der Waals surface area (Å²) < 4.78 is 10.6. The maximum absolute atomic E-state index is 12.9. The van der Waals surface area contributed by atoms with Crippen LogP contribution >= 0.6 is 11.6 Å². The molecule has 3 unspecified atom stereocenters. The third kappa shape index (κ3) is 4.10. The Bertz CT molecular complexity index is 856. The van der Waals surface area contributed by atoms with Crippen molar-refractivity contribution < 1.29 is 19.1 Å². The number of H-pyrrole nitrogens is 1. The van der Waals surface area contributed by atoms with Gasteiger partial charge in [-0.15, -0.1) is 0 Å². The molecule has 0 aliphatic carbocycles. The van der Waals surface area contributed by atoms with Gasteiger partial charge < -0.3 is 19.8 Å². The largest absolute Gasteiger partial charge is 0.464 e. The van der Waals surface area contributed by atoms with E-state index >= 15 is 0 Å². The summed E-state index contributed by atoms with van der Waals surface area (Å²) in [5, 5.41) is 4.06. The molecule has 0 saturated carbocycles. The second-order valence-corrected chi connectivity index (χ2v) is 7.37. The number of morpholine rings is 1. The molecule has 0 radical (unpaired) electrons. The van der Waals surface area contributed by atoms with Crippen LogP contribution in [0.2, 0.25) is 5.02 Å². The van der Waals surface area contributed by atoms with E-state index in [1.807, 2.05) is 20.8 Å². The Balaban J connectivity index is 1.89. The molecule has 146 valence electrons. The quantitative estimate of drug-likeness (QED) is 0.780. The Morgan fingerprint density at radius 1 is 1.33 bits per heavy atom. The number of hydrogen-bond donors (Lipinski definition) is 2. The monoisotopic (exact) mass is 393 g/mol. The van der Waals surface area contributed by atoms with Gasteiger partial charge in [-0.25, -0.2) is 4.79 Å². The zero-order valence-electron chi connectivity index (χ0n) is 15.8. The van der Waals surface area contributed by atoms with Gasteiger partial charge in [-0.2, -0.15) is 0 Å². The lowest BCUT2D eigenvalue weighted by Crippen LogP contribution is -2.52. The SMILES string of the molecule is COC(=O)c1[nH]c2ccc(Cl)cc2c1NC(=O)C(C)N1CC(C)OC(C)C1. The summed E-state index contributed by atoms with van der Waals surface area (Å²) in [7, 11) is 1.30. The first kappa shape index (κ1) is 19.7. The lowest BCUT2D eigenvalue weighted by molar-refractivity contribution is -0.126. The molecule has 2 N–H and O–H groups in total. The molecule has 1 aromatic carbocycles. The summed E-state index contributed by atoms with van der Waals surface area (Å²) in [5.41, 5.74) is 1.26. The van der Waals surface area contributed by atoms with Crippen molar-refractivity contribution in [1.82, 2.24) is 9.88 Å². The van der Waals surface area contributed by atoms with Crippen LogP contribution in [0.3, 0.4) is 0 Å². The van der Waals surface area contributed by atoms with E-state index in [1.165, 1.54) is 7.11 Å². The molecule has 0 bridgehead atoms. The van der Waals surface area contributed by atoms with E-state index in [1.54, 1.807) is 18.2 Å². The molecular weight excluding hydrogens is 370 g/mol. The van der Waals surface area contributed by atoms with Gasteiger partial charge in [-0.1, -0.05) is 11.6 Å². The molecule has 7 nitrogen and oxygen atoms in total. The molecule has 1 aromatic heterocycles. The standard InChI is InChI=1S/C19H24ClN3O4/c1-10-8-23(9-11(2)27-10)12(3)18(24)22-16-14-7-13(20)5-6-15(14)21-17(16)19(25)26-4/h5-7,10-12,21H,8-9H2,1-4H3,(H,22,24). The molecule has 1 aliphatic rings. The smallest absolute Gasteiger partial charge is 0.356 e. The predicted octanol–water partition coefficient (Wildman–Crippen LogP) is 3.04. The van der Waals surface area contributed by atoms with Crippen LogP contribution in [0, 0.1) is 0 Å². The molecule has 8 heteroatoms. The summed E-state index contributed by atoms with van der Waals surface area (Å²) in [4.78, 5) is 30.2. The summed E-state index contributed by atoms with van der Waals surface area (Å²) in [6.07, 6.45) is 0.114. The lowest BCUT2D eigenvalue weighted by Gasteiger charge is -2.38. The third-order valence-corrected chi connectivity index (χ3v) is 5.01. The molecule has 1 saturated heterocycles. The van der Waals surface area contributed by atoms with Gasteiger partial charge in [-0.3, -0.25) is 9.69 Å². The fourth-order valence-corrected chi connectivity index (χ4v) is 3.65. The van der Waals surface area contributed by atoms with Gasteiger partial charge >= 0.3 is 5.97 Å². The summed E-state index contributed by atoms with van der Waals surface area (Å²) in [6.45, 7) is 7.17. The van der Waals surface area contributed by atoms with Crippen molar-refractivity contribution in [3.05, 3.63) is 28.9 Å². The maximum atomic E-state index is 12.9. The van der Waals surface area contributed by atoms with Crippen molar-refractivity contribution in [2.75, 3.05) is 25.5 Å². The van der Waals surface area contributed by atoms with Crippen LogP contribution in [-0.2, 0) is 14.3 Å². The van der Waals surface area contributed by atoms with Gasteiger partial charge in [0.05, 0.1) is 31.0 Å². The molecular formula is C19H24ClN3O4. The zero-order valence-corrected chi connectivity index (χ0v) is 16.6. The summed E-state index contributed by atoms with van der Waals surface area (Å²) >= 11 is 6.10. The molecule has 27 heavy (non-hydrogen) atoms. The van der Waals surface area contributed by atoms with Crippen molar-refractivity contribution in [3.8, 4) is 0 Å². The van der Waals surface area contributed by atoms with Crippen LogP contribution in [0.1, 0.15) is 31.3 Å². The molecule has 1 aliphatic heterocycles. The van der Waals surface area contributed by atoms with Gasteiger partial charge in [0.1, 0.15) is 5.69 Å². The number of hydrogen-bond acceptors (Lipinski definition) is 5. The Kier molecular flexibility index (Phi) is 5.74. The first-order chi connectivity index (χ1) is 12.8. The topological polar surface area (TPSA) is 83.7 Å². The highest BCUT2D eigenvalue weighted by Gasteiger charge is 2.30. The number of aromatic amines is 1. The van der Waals surface area contributed by atoms with Crippen LogP contribution < -0.4 is 5.32 Å². The highest BCUT2D eigenvalue weighted by molar-refractivity contribution is 6.31. The molecule has 0 spiro atoms. The number of nitrogens with zero attached hydrogens (tertiary/aromatic N) is 1.